The first-order valence-electron chi connectivity index (χ1n) is 8.32. The number of hydrogen-bond acceptors (Lipinski definition) is 5. The van der Waals surface area contributed by atoms with Crippen LogP contribution in [-0.2, 0) is 22.6 Å². The van der Waals surface area contributed by atoms with E-state index in [4.69, 9.17) is 4.74 Å². The second kappa shape index (κ2) is 10.2. The maximum absolute atomic E-state index is 12.8. The molecular formula is C18H24N2O3S2. The highest BCUT2D eigenvalue weighted by atomic mass is 32.1. The van der Waals surface area contributed by atoms with Crippen LogP contribution in [-0.4, -0.2) is 30.1 Å². The Labute approximate surface area is 156 Å². The fourth-order valence-electron chi connectivity index (χ4n) is 2.42. The first-order chi connectivity index (χ1) is 12.1. The average Bonchev–Trinajstić information content (AvgIpc) is 3.31. The molecule has 1 N–H and O–H groups in total. The zero-order valence-corrected chi connectivity index (χ0v) is 16.2. The summed E-state index contributed by atoms with van der Waals surface area (Å²) in [7, 11) is 1.35. The van der Waals surface area contributed by atoms with Crippen molar-refractivity contribution >= 4 is 34.7 Å². The third kappa shape index (κ3) is 6.17. The van der Waals surface area contributed by atoms with Crippen LogP contribution in [0.15, 0.2) is 35.0 Å². The number of carbonyl (C=O) groups is 2. The van der Waals surface area contributed by atoms with Gasteiger partial charge in [0.05, 0.1) is 20.2 Å². The fraction of sp³-hybridized carbons (Fsp3) is 0.444. The summed E-state index contributed by atoms with van der Waals surface area (Å²) in [5.41, 5.74) is 0. The molecule has 2 aromatic heterocycles. The van der Waals surface area contributed by atoms with Crippen molar-refractivity contribution in [3.8, 4) is 0 Å². The van der Waals surface area contributed by atoms with Crippen molar-refractivity contribution < 1.29 is 14.3 Å². The lowest BCUT2D eigenvalue weighted by Gasteiger charge is -2.25. The van der Waals surface area contributed by atoms with Crippen molar-refractivity contribution in [1.82, 2.24) is 10.2 Å². The molecule has 0 fully saturated rings. The lowest BCUT2D eigenvalue weighted by atomic mass is 10.1. The number of nitrogens with one attached hydrogen (secondary N) is 1. The maximum atomic E-state index is 12.8. The topological polar surface area (TPSA) is 58.6 Å². The number of amides is 2. The van der Waals surface area contributed by atoms with E-state index in [1.54, 1.807) is 27.6 Å². The number of rotatable bonds is 9. The van der Waals surface area contributed by atoms with Gasteiger partial charge in [0, 0.05) is 9.75 Å². The highest BCUT2D eigenvalue weighted by Crippen LogP contribution is 2.17. The molecular weight excluding hydrogens is 356 g/mol. The van der Waals surface area contributed by atoms with Crippen LogP contribution in [0.2, 0.25) is 0 Å². The highest BCUT2D eigenvalue weighted by molar-refractivity contribution is 7.10. The summed E-state index contributed by atoms with van der Waals surface area (Å²) < 4.78 is 4.83. The number of carbonyl (C=O) groups excluding carboxylic acids is 2. The van der Waals surface area contributed by atoms with Gasteiger partial charge in [-0.15, -0.1) is 22.7 Å². The SMILES string of the molecule is CCCCC(NC(=O)N(Cc1cccs1)Cc1cccs1)C(=O)OC. The van der Waals surface area contributed by atoms with Crippen molar-refractivity contribution in [2.45, 2.75) is 45.3 Å². The molecule has 2 amide bonds. The molecule has 0 aliphatic rings. The van der Waals surface area contributed by atoms with Crippen LogP contribution in [0.1, 0.15) is 35.9 Å². The van der Waals surface area contributed by atoms with Gasteiger partial charge in [-0.1, -0.05) is 31.9 Å². The van der Waals surface area contributed by atoms with E-state index in [1.807, 2.05) is 35.0 Å². The van der Waals surface area contributed by atoms with Gasteiger partial charge in [0.15, 0.2) is 0 Å². The van der Waals surface area contributed by atoms with E-state index in [0.29, 0.717) is 19.5 Å². The number of thiophene rings is 2. The van der Waals surface area contributed by atoms with E-state index in [1.165, 1.54) is 7.11 Å². The molecule has 0 aromatic carbocycles. The van der Waals surface area contributed by atoms with Crippen molar-refractivity contribution in [3.63, 3.8) is 0 Å². The lowest BCUT2D eigenvalue weighted by molar-refractivity contribution is -0.143. The number of methoxy groups -OCH3 is 1. The second-order valence-electron chi connectivity index (χ2n) is 5.68. The van der Waals surface area contributed by atoms with Gasteiger partial charge in [-0.3, -0.25) is 0 Å². The van der Waals surface area contributed by atoms with Crippen LogP contribution in [0.3, 0.4) is 0 Å². The van der Waals surface area contributed by atoms with E-state index >= 15 is 0 Å². The molecule has 2 aromatic rings. The van der Waals surface area contributed by atoms with Crippen LogP contribution >= 0.6 is 22.7 Å². The molecule has 0 aliphatic carbocycles. The number of ether oxygens (including phenoxy) is 1. The normalized spacial score (nSPS) is 11.8. The van der Waals surface area contributed by atoms with Crippen LogP contribution < -0.4 is 5.32 Å². The Bertz CT molecular complexity index is 605. The smallest absolute Gasteiger partial charge is 0.328 e. The summed E-state index contributed by atoms with van der Waals surface area (Å²) in [6.45, 7) is 3.09. The van der Waals surface area contributed by atoms with Crippen LogP contribution in [0.5, 0.6) is 0 Å². The number of nitrogens with zero attached hydrogens (tertiary/aromatic N) is 1. The summed E-state index contributed by atoms with van der Waals surface area (Å²) >= 11 is 3.23. The van der Waals surface area contributed by atoms with Gasteiger partial charge in [-0.25, -0.2) is 9.59 Å². The van der Waals surface area contributed by atoms with E-state index in [2.05, 4.69) is 12.2 Å². The molecule has 0 aliphatic heterocycles. The minimum absolute atomic E-state index is 0.242. The molecule has 2 heterocycles. The Morgan fingerprint density at radius 2 is 1.76 bits per heavy atom. The zero-order chi connectivity index (χ0) is 18.1. The second-order valence-corrected chi connectivity index (χ2v) is 7.75. The third-order valence-electron chi connectivity index (χ3n) is 3.77. The van der Waals surface area contributed by atoms with Gasteiger partial charge >= 0.3 is 12.0 Å². The van der Waals surface area contributed by atoms with E-state index in [0.717, 1.165) is 22.6 Å². The summed E-state index contributed by atoms with van der Waals surface area (Å²) in [5, 5.41) is 6.84. The summed E-state index contributed by atoms with van der Waals surface area (Å²) in [4.78, 5) is 28.7. The third-order valence-corrected chi connectivity index (χ3v) is 5.49. The largest absolute Gasteiger partial charge is 0.467 e. The quantitative estimate of drug-likeness (QED) is 0.662. The van der Waals surface area contributed by atoms with Gasteiger partial charge in [-0.2, -0.15) is 0 Å². The van der Waals surface area contributed by atoms with E-state index < -0.39 is 12.0 Å². The summed E-state index contributed by atoms with van der Waals surface area (Å²) in [5.74, 6) is -0.394. The predicted octanol–water partition coefficient (Wildman–Crippen LogP) is 4.25. The van der Waals surface area contributed by atoms with Crippen molar-refractivity contribution in [3.05, 3.63) is 44.8 Å². The fourth-order valence-corrected chi connectivity index (χ4v) is 3.86. The maximum Gasteiger partial charge on any atom is 0.328 e. The molecule has 0 saturated heterocycles. The molecule has 136 valence electrons. The molecule has 0 saturated carbocycles. The Hall–Kier alpha value is -1.86. The predicted molar refractivity (Wildman–Crippen MR) is 102 cm³/mol. The minimum Gasteiger partial charge on any atom is -0.467 e. The van der Waals surface area contributed by atoms with E-state index in [9.17, 15) is 9.59 Å². The van der Waals surface area contributed by atoms with Gasteiger partial charge in [0.2, 0.25) is 0 Å². The molecule has 1 unspecified atom stereocenters. The Kier molecular flexibility index (Phi) is 7.94. The molecule has 7 heteroatoms. The Balaban J connectivity index is 2.07. The van der Waals surface area contributed by atoms with Crippen molar-refractivity contribution in [2.75, 3.05) is 7.11 Å². The van der Waals surface area contributed by atoms with Crippen LogP contribution in [0, 0.1) is 0 Å². The van der Waals surface area contributed by atoms with Crippen molar-refractivity contribution in [1.29, 1.82) is 0 Å². The number of esters is 1. The first-order valence-corrected chi connectivity index (χ1v) is 10.1. The molecule has 5 nitrogen and oxygen atoms in total. The van der Waals surface area contributed by atoms with Crippen molar-refractivity contribution in [2.24, 2.45) is 0 Å². The standard InChI is InChI=1S/C18H24N2O3S2/c1-3-4-9-16(17(21)23-2)19-18(22)20(12-14-7-5-10-24-14)13-15-8-6-11-25-15/h5-8,10-11,16H,3-4,9,12-13H2,1-2H3,(H,19,22). The number of unbranched alkanes of at least 4 members (excludes halogenated alkanes) is 1. The monoisotopic (exact) mass is 380 g/mol. The van der Waals surface area contributed by atoms with Gasteiger partial charge in [0.25, 0.3) is 0 Å². The number of urea groups is 1. The average molecular weight is 381 g/mol. The molecule has 2 rings (SSSR count). The molecule has 1 atom stereocenters. The van der Waals surface area contributed by atoms with Gasteiger partial charge in [-0.05, 0) is 29.3 Å². The number of hydrogen-bond donors (Lipinski definition) is 1. The molecule has 25 heavy (non-hydrogen) atoms. The zero-order valence-electron chi connectivity index (χ0n) is 14.6. The summed E-state index contributed by atoms with van der Waals surface area (Å²) in [6, 6.07) is 7.11. The molecule has 0 bridgehead atoms. The summed E-state index contributed by atoms with van der Waals surface area (Å²) in [6.07, 6.45) is 2.40. The van der Waals surface area contributed by atoms with Crippen LogP contribution in [0.4, 0.5) is 4.79 Å². The molecule has 0 radical (unpaired) electrons. The minimum atomic E-state index is -0.605. The van der Waals surface area contributed by atoms with Gasteiger partial charge in [0.1, 0.15) is 6.04 Å². The van der Waals surface area contributed by atoms with E-state index in [-0.39, 0.29) is 6.03 Å². The molecule has 0 spiro atoms. The highest BCUT2D eigenvalue weighted by Gasteiger charge is 2.24. The Morgan fingerprint density at radius 1 is 1.16 bits per heavy atom. The Morgan fingerprint density at radius 3 is 2.20 bits per heavy atom. The lowest BCUT2D eigenvalue weighted by Crippen LogP contribution is -2.47. The van der Waals surface area contributed by atoms with Gasteiger partial charge < -0.3 is 15.0 Å². The first kappa shape index (κ1) is 19.5. The van der Waals surface area contributed by atoms with Crippen LogP contribution in [0.25, 0.3) is 0 Å².